The fourth-order valence-electron chi connectivity index (χ4n) is 0.806. The third-order valence-electron chi connectivity index (χ3n) is 1.64. The molecule has 0 atom stereocenters. The molecule has 13 heavy (non-hydrogen) atoms. The molecule has 72 valence electrons. The highest BCUT2D eigenvalue weighted by atomic mass is 16.5. The lowest BCUT2D eigenvalue weighted by Crippen LogP contribution is -2.09. The van der Waals surface area contributed by atoms with E-state index < -0.39 is 5.97 Å². The first kappa shape index (κ1) is 9.66. The van der Waals surface area contributed by atoms with Crippen molar-refractivity contribution in [2.24, 2.45) is 7.05 Å². The average molecular weight is 185 g/mol. The van der Waals surface area contributed by atoms with Gasteiger partial charge in [0.2, 0.25) is 0 Å². The van der Waals surface area contributed by atoms with Gasteiger partial charge < -0.3 is 14.4 Å². The molecule has 1 rings (SSSR count). The Kier molecular flexibility index (Phi) is 2.97. The molecular formula is C7H11N3O3. The van der Waals surface area contributed by atoms with E-state index >= 15 is 0 Å². The fraction of sp³-hybridized carbons (Fsp3) is 0.571. The predicted molar refractivity (Wildman–Crippen MR) is 43.0 cm³/mol. The number of nitrogens with zero attached hydrogens (tertiary/aromatic N) is 3. The SMILES string of the molecule is Cc1nnc(COCC(=O)O)n1C. The number of aliphatic carboxylic acids is 1. The van der Waals surface area contributed by atoms with Crippen LogP contribution in [0, 0.1) is 6.92 Å². The van der Waals surface area contributed by atoms with Gasteiger partial charge in [-0.3, -0.25) is 0 Å². The largest absolute Gasteiger partial charge is 0.480 e. The summed E-state index contributed by atoms with van der Waals surface area (Å²) < 4.78 is 6.60. The number of carbonyl (C=O) groups is 1. The minimum absolute atomic E-state index is 0.170. The Morgan fingerprint density at radius 2 is 2.31 bits per heavy atom. The van der Waals surface area contributed by atoms with Crippen LogP contribution < -0.4 is 0 Å². The van der Waals surface area contributed by atoms with Crippen LogP contribution in [0.5, 0.6) is 0 Å². The third kappa shape index (κ3) is 2.51. The molecule has 0 fully saturated rings. The molecule has 0 saturated heterocycles. The summed E-state index contributed by atoms with van der Waals surface area (Å²) in [6.45, 7) is 1.67. The third-order valence-corrected chi connectivity index (χ3v) is 1.64. The maximum Gasteiger partial charge on any atom is 0.329 e. The van der Waals surface area contributed by atoms with E-state index in [1.807, 2.05) is 6.92 Å². The van der Waals surface area contributed by atoms with E-state index in [1.165, 1.54) is 0 Å². The topological polar surface area (TPSA) is 77.2 Å². The van der Waals surface area contributed by atoms with E-state index in [0.717, 1.165) is 5.82 Å². The molecule has 0 aliphatic heterocycles. The van der Waals surface area contributed by atoms with Crippen molar-refractivity contribution in [2.75, 3.05) is 6.61 Å². The standard InChI is InChI=1S/C7H11N3O3/c1-5-8-9-6(10(5)2)3-13-4-7(11)12/h3-4H2,1-2H3,(H,11,12). The van der Waals surface area contributed by atoms with Gasteiger partial charge in [0.05, 0.1) is 0 Å². The van der Waals surface area contributed by atoms with Crippen molar-refractivity contribution >= 4 is 5.97 Å². The van der Waals surface area contributed by atoms with Crippen LogP contribution >= 0.6 is 0 Å². The van der Waals surface area contributed by atoms with Crippen LogP contribution in [0.25, 0.3) is 0 Å². The first-order valence-electron chi connectivity index (χ1n) is 3.75. The van der Waals surface area contributed by atoms with Gasteiger partial charge >= 0.3 is 5.97 Å². The number of hydrogen-bond acceptors (Lipinski definition) is 4. The summed E-state index contributed by atoms with van der Waals surface area (Å²) in [4.78, 5) is 10.1. The second-order valence-corrected chi connectivity index (χ2v) is 2.61. The van der Waals surface area contributed by atoms with E-state index in [-0.39, 0.29) is 13.2 Å². The van der Waals surface area contributed by atoms with Gasteiger partial charge in [0.1, 0.15) is 19.0 Å². The van der Waals surface area contributed by atoms with Crippen LogP contribution in [-0.2, 0) is 23.2 Å². The lowest BCUT2D eigenvalue weighted by atomic mass is 10.6. The summed E-state index contributed by atoms with van der Waals surface area (Å²) in [6.07, 6.45) is 0. The monoisotopic (exact) mass is 185 g/mol. The molecule has 1 heterocycles. The zero-order valence-corrected chi connectivity index (χ0v) is 7.52. The van der Waals surface area contributed by atoms with Gasteiger partial charge in [-0.05, 0) is 6.92 Å². The highest BCUT2D eigenvalue weighted by Crippen LogP contribution is 1.98. The van der Waals surface area contributed by atoms with Gasteiger partial charge in [-0.2, -0.15) is 0 Å². The van der Waals surface area contributed by atoms with Gasteiger partial charge in [0.15, 0.2) is 5.82 Å². The number of ether oxygens (including phenoxy) is 1. The number of aromatic nitrogens is 3. The zero-order chi connectivity index (χ0) is 9.84. The van der Waals surface area contributed by atoms with Crippen molar-refractivity contribution in [2.45, 2.75) is 13.5 Å². The number of aryl methyl sites for hydroxylation is 1. The summed E-state index contributed by atoms with van der Waals surface area (Å²) >= 11 is 0. The molecule has 0 amide bonds. The Hall–Kier alpha value is -1.43. The van der Waals surface area contributed by atoms with E-state index in [4.69, 9.17) is 9.84 Å². The van der Waals surface area contributed by atoms with Gasteiger partial charge in [0.25, 0.3) is 0 Å². The van der Waals surface area contributed by atoms with Crippen LogP contribution in [0.15, 0.2) is 0 Å². The molecule has 6 heteroatoms. The maximum atomic E-state index is 10.1. The van der Waals surface area contributed by atoms with Gasteiger partial charge in [-0.15, -0.1) is 10.2 Å². The zero-order valence-electron chi connectivity index (χ0n) is 7.52. The first-order chi connectivity index (χ1) is 6.11. The van der Waals surface area contributed by atoms with Crippen molar-refractivity contribution in [3.8, 4) is 0 Å². The number of carboxylic acids is 1. The molecule has 0 saturated carbocycles. The molecule has 0 radical (unpaired) electrons. The van der Waals surface area contributed by atoms with Crippen molar-refractivity contribution in [1.82, 2.24) is 14.8 Å². The Morgan fingerprint density at radius 3 is 2.77 bits per heavy atom. The second kappa shape index (κ2) is 3.99. The van der Waals surface area contributed by atoms with E-state index in [0.29, 0.717) is 5.82 Å². The van der Waals surface area contributed by atoms with Gasteiger partial charge in [0, 0.05) is 7.05 Å². The van der Waals surface area contributed by atoms with E-state index in [1.54, 1.807) is 11.6 Å². The van der Waals surface area contributed by atoms with Crippen LogP contribution in [0.3, 0.4) is 0 Å². The molecule has 0 unspecified atom stereocenters. The molecule has 0 aromatic carbocycles. The summed E-state index contributed by atoms with van der Waals surface area (Å²) in [5.74, 6) is 0.409. The Balaban J connectivity index is 2.45. The number of carboxylic acid groups (broad SMARTS) is 1. The molecule has 6 nitrogen and oxygen atoms in total. The first-order valence-corrected chi connectivity index (χ1v) is 3.75. The highest BCUT2D eigenvalue weighted by Gasteiger charge is 2.05. The summed E-state index contributed by atoms with van der Waals surface area (Å²) in [7, 11) is 1.80. The Morgan fingerprint density at radius 1 is 1.62 bits per heavy atom. The smallest absolute Gasteiger partial charge is 0.329 e. The van der Waals surface area contributed by atoms with E-state index in [2.05, 4.69) is 10.2 Å². The molecule has 1 aromatic heterocycles. The van der Waals surface area contributed by atoms with Crippen molar-refractivity contribution in [3.63, 3.8) is 0 Å². The van der Waals surface area contributed by atoms with Gasteiger partial charge in [-0.1, -0.05) is 0 Å². The molecule has 1 aromatic rings. The second-order valence-electron chi connectivity index (χ2n) is 2.61. The van der Waals surface area contributed by atoms with Crippen LogP contribution in [0.1, 0.15) is 11.6 Å². The van der Waals surface area contributed by atoms with Crippen LogP contribution in [-0.4, -0.2) is 32.4 Å². The molecule has 0 spiro atoms. The van der Waals surface area contributed by atoms with Crippen LogP contribution in [0.2, 0.25) is 0 Å². The maximum absolute atomic E-state index is 10.1. The Labute approximate surface area is 75.2 Å². The molecular weight excluding hydrogens is 174 g/mol. The highest BCUT2D eigenvalue weighted by molar-refractivity contribution is 5.67. The lowest BCUT2D eigenvalue weighted by molar-refractivity contribution is -0.142. The summed E-state index contributed by atoms with van der Waals surface area (Å²) in [5, 5.41) is 15.9. The minimum atomic E-state index is -0.987. The Bertz CT molecular complexity index is 308. The number of rotatable bonds is 4. The fourth-order valence-corrected chi connectivity index (χ4v) is 0.806. The summed E-state index contributed by atoms with van der Waals surface area (Å²) in [5.41, 5.74) is 0. The van der Waals surface area contributed by atoms with Gasteiger partial charge in [-0.25, -0.2) is 4.79 Å². The van der Waals surface area contributed by atoms with E-state index in [9.17, 15) is 4.79 Å². The molecule has 0 aliphatic rings. The van der Waals surface area contributed by atoms with Crippen molar-refractivity contribution in [3.05, 3.63) is 11.6 Å². The lowest BCUT2D eigenvalue weighted by Gasteiger charge is -2.00. The number of hydrogen-bond donors (Lipinski definition) is 1. The normalized spacial score (nSPS) is 10.3. The van der Waals surface area contributed by atoms with Crippen molar-refractivity contribution in [1.29, 1.82) is 0 Å². The summed E-state index contributed by atoms with van der Waals surface area (Å²) in [6, 6.07) is 0. The van der Waals surface area contributed by atoms with Crippen LogP contribution in [0.4, 0.5) is 0 Å². The molecule has 0 aliphatic carbocycles. The van der Waals surface area contributed by atoms with Crippen molar-refractivity contribution < 1.29 is 14.6 Å². The molecule has 0 bridgehead atoms. The predicted octanol–water partition coefficient (Wildman–Crippen LogP) is -0.275. The average Bonchev–Trinajstić information content (AvgIpc) is 2.35. The molecule has 1 N–H and O–H groups in total. The minimum Gasteiger partial charge on any atom is -0.480 e. The quantitative estimate of drug-likeness (QED) is 0.698.